The highest BCUT2D eigenvalue weighted by Gasteiger charge is 2.35. The molecule has 0 fully saturated rings. The van der Waals surface area contributed by atoms with Crippen LogP contribution < -0.4 is 0 Å². The van der Waals surface area contributed by atoms with E-state index in [4.69, 9.17) is 4.74 Å². The zero-order valence-electron chi connectivity index (χ0n) is 12.2. The van der Waals surface area contributed by atoms with E-state index in [-0.39, 0.29) is 5.60 Å². The van der Waals surface area contributed by atoms with Crippen molar-refractivity contribution in [2.24, 2.45) is 5.92 Å². The number of hydrogen-bond acceptors (Lipinski definition) is 1. The molecule has 1 aliphatic heterocycles. The van der Waals surface area contributed by atoms with E-state index < -0.39 is 0 Å². The van der Waals surface area contributed by atoms with Crippen LogP contribution in [0.25, 0.3) is 0 Å². The molecule has 1 rings (SSSR count). The van der Waals surface area contributed by atoms with Crippen molar-refractivity contribution in [2.75, 3.05) is 0 Å². The summed E-state index contributed by atoms with van der Waals surface area (Å²) in [5, 5.41) is 0. The van der Waals surface area contributed by atoms with Gasteiger partial charge in [0.25, 0.3) is 0 Å². The molecule has 1 nitrogen and oxygen atoms in total. The Labute approximate surface area is 107 Å². The Balaban J connectivity index is 0.00000121. The first-order chi connectivity index (χ1) is 8.05. The van der Waals surface area contributed by atoms with Gasteiger partial charge in [-0.2, -0.15) is 0 Å². The largest absolute Gasteiger partial charge is 0.487 e. The minimum absolute atomic E-state index is 0.0773. The molecule has 17 heavy (non-hydrogen) atoms. The van der Waals surface area contributed by atoms with Gasteiger partial charge in [0.2, 0.25) is 0 Å². The third-order valence-corrected chi connectivity index (χ3v) is 3.21. The van der Waals surface area contributed by atoms with Crippen molar-refractivity contribution in [3.63, 3.8) is 0 Å². The van der Waals surface area contributed by atoms with Crippen molar-refractivity contribution >= 4 is 0 Å². The average molecular weight is 236 g/mol. The van der Waals surface area contributed by atoms with E-state index in [9.17, 15) is 0 Å². The number of rotatable bonds is 4. The molecule has 1 unspecified atom stereocenters. The normalized spacial score (nSPS) is 22.1. The molecule has 0 bridgehead atoms. The summed E-state index contributed by atoms with van der Waals surface area (Å²) in [6.07, 6.45) is 7.15. The Morgan fingerprint density at radius 3 is 2.29 bits per heavy atom. The number of allylic oxidation sites excluding steroid dienone is 3. The van der Waals surface area contributed by atoms with Gasteiger partial charge in [-0.05, 0) is 38.3 Å². The van der Waals surface area contributed by atoms with Gasteiger partial charge in [0.1, 0.15) is 11.4 Å². The molecule has 0 aromatic carbocycles. The zero-order valence-corrected chi connectivity index (χ0v) is 12.2. The third-order valence-electron chi connectivity index (χ3n) is 3.21. The summed E-state index contributed by atoms with van der Waals surface area (Å²) in [5.41, 5.74) is 1.12. The SMILES string of the molecule is C=CC1=C(C=C)OC(C)(C)C(CCC)C1.CC. The molecule has 98 valence electrons. The Morgan fingerprint density at radius 2 is 1.88 bits per heavy atom. The maximum atomic E-state index is 5.98. The van der Waals surface area contributed by atoms with Gasteiger partial charge in [-0.15, -0.1) is 0 Å². The van der Waals surface area contributed by atoms with Gasteiger partial charge in [-0.25, -0.2) is 0 Å². The first-order valence-electron chi connectivity index (χ1n) is 6.72. The summed E-state index contributed by atoms with van der Waals surface area (Å²) in [7, 11) is 0. The van der Waals surface area contributed by atoms with Crippen molar-refractivity contribution in [3.05, 3.63) is 36.6 Å². The second-order valence-electron chi connectivity index (χ2n) is 4.69. The summed E-state index contributed by atoms with van der Waals surface area (Å²) < 4.78 is 5.98. The fourth-order valence-electron chi connectivity index (χ4n) is 2.20. The molecule has 0 aliphatic carbocycles. The highest BCUT2D eigenvalue weighted by Crippen LogP contribution is 2.39. The smallest absolute Gasteiger partial charge is 0.122 e. The third kappa shape index (κ3) is 4.07. The van der Waals surface area contributed by atoms with Crippen LogP contribution in [-0.2, 0) is 4.74 Å². The van der Waals surface area contributed by atoms with Crippen molar-refractivity contribution in [3.8, 4) is 0 Å². The molecule has 0 spiro atoms. The molecule has 0 amide bonds. The summed E-state index contributed by atoms with van der Waals surface area (Å²) in [4.78, 5) is 0. The highest BCUT2D eigenvalue weighted by atomic mass is 16.5. The van der Waals surface area contributed by atoms with Crippen LogP contribution in [0.4, 0.5) is 0 Å². The van der Waals surface area contributed by atoms with E-state index in [1.54, 1.807) is 6.08 Å². The zero-order chi connectivity index (χ0) is 13.5. The Hall–Kier alpha value is -0.980. The minimum Gasteiger partial charge on any atom is -0.487 e. The van der Waals surface area contributed by atoms with Crippen LogP contribution in [0.2, 0.25) is 0 Å². The molecule has 0 radical (unpaired) electrons. The molecular weight excluding hydrogens is 208 g/mol. The predicted octanol–water partition coefficient (Wildman–Crippen LogP) is 5.25. The van der Waals surface area contributed by atoms with Gasteiger partial charge < -0.3 is 4.74 Å². The Kier molecular flexibility index (Phi) is 6.94. The van der Waals surface area contributed by atoms with Gasteiger partial charge in [-0.3, -0.25) is 0 Å². The van der Waals surface area contributed by atoms with Crippen molar-refractivity contribution in [1.29, 1.82) is 0 Å². The summed E-state index contributed by atoms with van der Waals surface area (Å²) in [6.45, 7) is 18.2. The maximum Gasteiger partial charge on any atom is 0.122 e. The molecule has 1 heterocycles. The van der Waals surface area contributed by atoms with Gasteiger partial charge in [-0.1, -0.05) is 46.4 Å². The summed E-state index contributed by atoms with van der Waals surface area (Å²) >= 11 is 0. The van der Waals surface area contributed by atoms with Gasteiger partial charge in [0.05, 0.1) is 0 Å². The fourth-order valence-corrected chi connectivity index (χ4v) is 2.20. The first-order valence-corrected chi connectivity index (χ1v) is 6.72. The quantitative estimate of drug-likeness (QED) is 0.647. The van der Waals surface area contributed by atoms with Gasteiger partial charge in [0.15, 0.2) is 0 Å². The van der Waals surface area contributed by atoms with Crippen LogP contribution in [0.1, 0.15) is 53.9 Å². The summed E-state index contributed by atoms with van der Waals surface area (Å²) in [5.74, 6) is 1.49. The lowest BCUT2D eigenvalue weighted by Crippen LogP contribution is -2.37. The maximum absolute atomic E-state index is 5.98. The molecule has 0 aromatic rings. The molecule has 1 atom stereocenters. The molecule has 1 aliphatic rings. The Morgan fingerprint density at radius 1 is 1.29 bits per heavy atom. The van der Waals surface area contributed by atoms with Crippen LogP contribution in [-0.4, -0.2) is 5.60 Å². The van der Waals surface area contributed by atoms with E-state index >= 15 is 0 Å². The molecular formula is C16H28O. The minimum atomic E-state index is -0.0773. The average Bonchev–Trinajstić information content (AvgIpc) is 2.33. The number of hydrogen-bond donors (Lipinski definition) is 0. The van der Waals surface area contributed by atoms with Gasteiger partial charge >= 0.3 is 0 Å². The lowest BCUT2D eigenvalue weighted by molar-refractivity contribution is -0.0298. The lowest BCUT2D eigenvalue weighted by atomic mass is 9.79. The highest BCUT2D eigenvalue weighted by molar-refractivity contribution is 5.30. The van der Waals surface area contributed by atoms with Crippen LogP contribution in [0.15, 0.2) is 36.6 Å². The van der Waals surface area contributed by atoms with E-state index in [0.29, 0.717) is 5.92 Å². The van der Waals surface area contributed by atoms with Crippen LogP contribution in [0, 0.1) is 5.92 Å². The standard InChI is InChI=1S/C14H22O.C2H6/c1-6-9-12-10-11(7-2)13(8-3)15-14(12,4)5;1-2/h7-8,12H,2-3,6,9-10H2,1,4-5H3;1-2H3. The summed E-state index contributed by atoms with van der Waals surface area (Å²) in [6, 6.07) is 0. The van der Waals surface area contributed by atoms with Crippen molar-refractivity contribution in [1.82, 2.24) is 0 Å². The van der Waals surface area contributed by atoms with E-state index in [2.05, 4.69) is 33.9 Å². The number of ether oxygens (including phenoxy) is 1. The fraction of sp³-hybridized carbons (Fsp3) is 0.625. The van der Waals surface area contributed by atoms with Crippen LogP contribution in [0.5, 0.6) is 0 Å². The Bertz CT molecular complexity index is 284. The second kappa shape index (κ2) is 7.37. The van der Waals surface area contributed by atoms with Crippen molar-refractivity contribution in [2.45, 2.75) is 59.5 Å². The van der Waals surface area contributed by atoms with Crippen molar-refractivity contribution < 1.29 is 4.74 Å². The molecule has 0 saturated carbocycles. The lowest BCUT2D eigenvalue weighted by Gasteiger charge is -2.40. The van der Waals surface area contributed by atoms with E-state index in [1.165, 1.54) is 18.4 Å². The first kappa shape index (κ1) is 16.0. The van der Waals surface area contributed by atoms with Crippen LogP contribution >= 0.6 is 0 Å². The van der Waals surface area contributed by atoms with Gasteiger partial charge in [0, 0.05) is 5.92 Å². The monoisotopic (exact) mass is 236 g/mol. The molecule has 0 N–H and O–H groups in total. The van der Waals surface area contributed by atoms with E-state index in [0.717, 1.165) is 12.2 Å². The second-order valence-corrected chi connectivity index (χ2v) is 4.69. The molecule has 1 heteroatoms. The molecule has 0 saturated heterocycles. The van der Waals surface area contributed by atoms with E-state index in [1.807, 2.05) is 19.9 Å². The predicted molar refractivity (Wildman–Crippen MR) is 76.9 cm³/mol. The topological polar surface area (TPSA) is 9.23 Å². The van der Waals surface area contributed by atoms with Crippen LogP contribution in [0.3, 0.4) is 0 Å². The molecule has 0 aromatic heterocycles.